The first kappa shape index (κ1) is 11.5. The molecule has 2 unspecified atom stereocenters. The van der Waals surface area contributed by atoms with Gasteiger partial charge in [-0.25, -0.2) is 8.42 Å². The molecule has 2 heterocycles. The number of thiazole rings is 1. The average molecular weight is 258 g/mol. The van der Waals surface area contributed by atoms with E-state index in [0.29, 0.717) is 4.88 Å². The van der Waals surface area contributed by atoms with E-state index in [2.05, 4.69) is 4.98 Å². The maximum atomic E-state index is 11.4. The molecule has 1 aliphatic rings. The van der Waals surface area contributed by atoms with Gasteiger partial charge >= 0.3 is 0 Å². The van der Waals surface area contributed by atoms with Gasteiger partial charge in [0.25, 0.3) is 0 Å². The van der Waals surface area contributed by atoms with E-state index in [-0.39, 0.29) is 17.9 Å². The number of nitriles is 1. The molecule has 0 radical (unpaired) electrons. The quantitative estimate of drug-likeness (QED) is 0.834. The van der Waals surface area contributed by atoms with Crippen molar-refractivity contribution in [2.75, 3.05) is 11.5 Å². The lowest BCUT2D eigenvalue weighted by Gasteiger charge is -2.24. The molecule has 1 aromatic rings. The Morgan fingerprint density at radius 2 is 2.44 bits per heavy atom. The predicted molar refractivity (Wildman–Crippen MR) is 58.4 cm³/mol. The summed E-state index contributed by atoms with van der Waals surface area (Å²) in [5.41, 5.74) is 0.346. The van der Waals surface area contributed by atoms with E-state index in [4.69, 9.17) is 5.26 Å². The van der Waals surface area contributed by atoms with E-state index in [0.717, 1.165) is 0 Å². The second kappa shape index (κ2) is 3.80. The van der Waals surface area contributed by atoms with Crippen molar-refractivity contribution in [3.63, 3.8) is 0 Å². The SMILES string of the molecule is N#CC1(C(O)c2cncs2)CCS(=O)(=O)C1. The van der Waals surface area contributed by atoms with Gasteiger partial charge in [-0.05, 0) is 6.42 Å². The number of aliphatic hydroxyl groups is 1. The molecule has 0 aliphatic carbocycles. The minimum Gasteiger partial charge on any atom is -0.386 e. The summed E-state index contributed by atoms with van der Waals surface area (Å²) in [4.78, 5) is 4.36. The number of rotatable bonds is 2. The summed E-state index contributed by atoms with van der Waals surface area (Å²) in [7, 11) is -3.20. The van der Waals surface area contributed by atoms with Gasteiger partial charge in [0.1, 0.15) is 11.5 Å². The first-order valence-corrected chi connectivity index (χ1v) is 7.37. The summed E-state index contributed by atoms with van der Waals surface area (Å²) in [6.07, 6.45) is 0.590. The van der Waals surface area contributed by atoms with Crippen molar-refractivity contribution in [2.45, 2.75) is 12.5 Å². The number of hydrogen-bond acceptors (Lipinski definition) is 6. The van der Waals surface area contributed by atoms with Crippen LogP contribution in [-0.2, 0) is 9.84 Å². The highest BCUT2D eigenvalue weighted by Crippen LogP contribution is 2.43. The molecule has 0 aromatic carbocycles. The number of aromatic nitrogens is 1. The summed E-state index contributed by atoms with van der Waals surface area (Å²) < 4.78 is 22.8. The third kappa shape index (κ3) is 1.84. The molecule has 1 saturated heterocycles. The Morgan fingerprint density at radius 1 is 1.69 bits per heavy atom. The lowest BCUT2D eigenvalue weighted by molar-refractivity contribution is 0.0824. The minimum atomic E-state index is -3.20. The van der Waals surface area contributed by atoms with E-state index in [1.54, 1.807) is 5.51 Å². The fourth-order valence-corrected chi connectivity index (χ4v) is 4.56. The van der Waals surface area contributed by atoms with Crippen LogP contribution in [-0.4, -0.2) is 30.0 Å². The second-order valence-corrected chi connectivity index (χ2v) is 7.02. The molecule has 0 amide bonds. The van der Waals surface area contributed by atoms with E-state index in [1.807, 2.05) is 6.07 Å². The Balaban J connectivity index is 2.35. The lowest BCUT2D eigenvalue weighted by atomic mass is 9.82. The van der Waals surface area contributed by atoms with Crippen LogP contribution in [0, 0.1) is 16.7 Å². The molecular formula is C9H10N2O3S2. The van der Waals surface area contributed by atoms with Crippen LogP contribution in [0.3, 0.4) is 0 Å². The highest BCUT2D eigenvalue weighted by molar-refractivity contribution is 7.91. The molecule has 0 bridgehead atoms. The molecule has 16 heavy (non-hydrogen) atoms. The maximum Gasteiger partial charge on any atom is 0.152 e. The van der Waals surface area contributed by atoms with Crippen molar-refractivity contribution < 1.29 is 13.5 Å². The van der Waals surface area contributed by atoms with E-state index in [1.165, 1.54) is 17.5 Å². The number of sulfone groups is 1. The van der Waals surface area contributed by atoms with Crippen LogP contribution in [0.25, 0.3) is 0 Å². The third-order valence-corrected chi connectivity index (χ3v) is 5.41. The van der Waals surface area contributed by atoms with Crippen LogP contribution in [0.4, 0.5) is 0 Å². The summed E-state index contributed by atoms with van der Waals surface area (Å²) in [5, 5.41) is 19.2. The Hall–Kier alpha value is -0.970. The number of nitrogens with zero attached hydrogens (tertiary/aromatic N) is 2. The normalized spacial score (nSPS) is 29.8. The Bertz CT molecular complexity index is 517. The predicted octanol–water partition coefficient (Wildman–Crippen LogP) is 0.505. The van der Waals surface area contributed by atoms with Crippen molar-refractivity contribution >= 4 is 21.2 Å². The van der Waals surface area contributed by atoms with Gasteiger partial charge in [0, 0.05) is 6.20 Å². The largest absolute Gasteiger partial charge is 0.386 e. The van der Waals surface area contributed by atoms with Crippen molar-refractivity contribution in [3.8, 4) is 6.07 Å². The van der Waals surface area contributed by atoms with Gasteiger partial charge in [0.05, 0.1) is 28.0 Å². The topological polar surface area (TPSA) is 91.0 Å². The van der Waals surface area contributed by atoms with Gasteiger partial charge < -0.3 is 5.11 Å². The molecule has 2 atom stereocenters. The lowest BCUT2D eigenvalue weighted by Crippen LogP contribution is -2.28. The fraction of sp³-hybridized carbons (Fsp3) is 0.556. The smallest absolute Gasteiger partial charge is 0.152 e. The molecule has 2 rings (SSSR count). The van der Waals surface area contributed by atoms with Gasteiger partial charge in [-0.3, -0.25) is 4.98 Å². The van der Waals surface area contributed by atoms with Crippen LogP contribution >= 0.6 is 11.3 Å². The molecule has 1 N–H and O–H groups in total. The van der Waals surface area contributed by atoms with Crippen LogP contribution in [0.2, 0.25) is 0 Å². The zero-order valence-electron chi connectivity index (χ0n) is 8.33. The molecule has 5 nitrogen and oxygen atoms in total. The highest BCUT2D eigenvalue weighted by atomic mass is 32.2. The number of aliphatic hydroxyl groups excluding tert-OH is 1. The maximum absolute atomic E-state index is 11.4. The zero-order chi connectivity index (χ0) is 11.8. The Kier molecular flexibility index (Phi) is 2.74. The molecule has 1 aliphatic heterocycles. The van der Waals surface area contributed by atoms with Crippen LogP contribution in [0.5, 0.6) is 0 Å². The molecule has 0 spiro atoms. The van der Waals surface area contributed by atoms with Gasteiger partial charge in [-0.2, -0.15) is 5.26 Å². The van der Waals surface area contributed by atoms with Crippen LogP contribution < -0.4 is 0 Å². The van der Waals surface area contributed by atoms with Crippen molar-refractivity contribution in [3.05, 3.63) is 16.6 Å². The summed E-state index contributed by atoms with van der Waals surface area (Å²) in [6.45, 7) is 0. The summed E-state index contributed by atoms with van der Waals surface area (Å²) in [5.74, 6) is -0.300. The Morgan fingerprint density at radius 3 is 2.88 bits per heavy atom. The van der Waals surface area contributed by atoms with Gasteiger partial charge in [-0.15, -0.1) is 11.3 Å². The molecule has 0 saturated carbocycles. The summed E-state index contributed by atoms with van der Waals surface area (Å²) in [6, 6.07) is 1.97. The van der Waals surface area contributed by atoms with E-state index < -0.39 is 21.4 Å². The van der Waals surface area contributed by atoms with Crippen molar-refractivity contribution in [1.29, 1.82) is 5.26 Å². The summed E-state index contributed by atoms with van der Waals surface area (Å²) >= 11 is 1.22. The second-order valence-electron chi connectivity index (χ2n) is 3.92. The fourth-order valence-electron chi connectivity index (χ4n) is 1.87. The first-order chi connectivity index (χ1) is 7.49. The van der Waals surface area contributed by atoms with Gasteiger partial charge in [-0.1, -0.05) is 0 Å². The minimum absolute atomic E-state index is 0.0313. The monoisotopic (exact) mass is 258 g/mol. The van der Waals surface area contributed by atoms with Crippen LogP contribution in [0.1, 0.15) is 17.4 Å². The zero-order valence-corrected chi connectivity index (χ0v) is 9.96. The molecule has 86 valence electrons. The molecule has 1 aromatic heterocycles. The van der Waals surface area contributed by atoms with Crippen LogP contribution in [0.15, 0.2) is 11.7 Å². The molecule has 1 fully saturated rings. The standard InChI is InChI=1S/C9H10N2O3S2/c10-4-9(1-2-16(13,14)5-9)8(12)7-3-11-6-15-7/h3,6,8,12H,1-2,5H2. The first-order valence-electron chi connectivity index (χ1n) is 4.67. The van der Waals surface area contributed by atoms with Gasteiger partial charge in [0.2, 0.25) is 0 Å². The third-order valence-electron chi connectivity index (χ3n) is 2.80. The average Bonchev–Trinajstić information content (AvgIpc) is 2.85. The molecular weight excluding hydrogens is 248 g/mol. The van der Waals surface area contributed by atoms with E-state index in [9.17, 15) is 13.5 Å². The van der Waals surface area contributed by atoms with E-state index >= 15 is 0 Å². The van der Waals surface area contributed by atoms with Crippen molar-refractivity contribution in [2.24, 2.45) is 5.41 Å². The number of hydrogen-bond donors (Lipinski definition) is 1. The highest BCUT2D eigenvalue weighted by Gasteiger charge is 2.49. The van der Waals surface area contributed by atoms with Crippen molar-refractivity contribution in [1.82, 2.24) is 4.98 Å². The Labute approximate surface area is 97.3 Å². The molecule has 7 heteroatoms. The van der Waals surface area contributed by atoms with Gasteiger partial charge in [0.15, 0.2) is 9.84 Å².